The van der Waals surface area contributed by atoms with E-state index >= 15 is 0 Å². The number of carbonyl (C=O) groups excluding carboxylic acids is 2. The summed E-state index contributed by atoms with van der Waals surface area (Å²) in [6.45, 7) is 2.52. The second kappa shape index (κ2) is 7.03. The molecule has 0 saturated heterocycles. The van der Waals surface area contributed by atoms with Gasteiger partial charge in [0.05, 0.1) is 23.4 Å². The summed E-state index contributed by atoms with van der Waals surface area (Å²) >= 11 is 0. The van der Waals surface area contributed by atoms with Gasteiger partial charge in [0.1, 0.15) is 0 Å². The lowest BCUT2D eigenvalue weighted by molar-refractivity contribution is -0.729. The van der Waals surface area contributed by atoms with Crippen LogP contribution >= 0.6 is 0 Å². The molecular formula is C21H29N2O3+. The zero-order chi connectivity index (χ0) is 18.1. The van der Waals surface area contributed by atoms with Gasteiger partial charge in [0.2, 0.25) is 0 Å². The van der Waals surface area contributed by atoms with Gasteiger partial charge in [-0.05, 0) is 56.1 Å². The molecule has 4 aliphatic carbocycles. The number of quaternary nitrogens is 1. The molecule has 0 heterocycles. The highest BCUT2D eigenvalue weighted by molar-refractivity contribution is 6.01. The number of rotatable bonds is 6. The smallest absolute Gasteiger partial charge is 0.340 e. The summed E-state index contributed by atoms with van der Waals surface area (Å²) in [5.74, 6) is 2.20. The summed E-state index contributed by atoms with van der Waals surface area (Å²) in [5, 5.41) is 5.20. The standard InChI is InChI=1S/C21H28N2O3/c1-2-26-20(25)17-5-3-4-6-18(17)23-19(24)13-22-21-10-14-7-15(11-21)9-16(8-14)12-21/h3-6,14-16,22H,2,7-13H2,1H3,(H,23,24)/p+1. The number of esters is 1. The first kappa shape index (κ1) is 17.5. The molecule has 0 atom stereocenters. The van der Waals surface area contributed by atoms with Crippen LogP contribution in [0.25, 0.3) is 0 Å². The fourth-order valence-corrected chi connectivity index (χ4v) is 5.92. The van der Waals surface area contributed by atoms with Crippen LogP contribution in [0.3, 0.4) is 0 Å². The molecule has 5 nitrogen and oxygen atoms in total. The first-order valence-electron chi connectivity index (χ1n) is 9.97. The van der Waals surface area contributed by atoms with Gasteiger partial charge in [-0.3, -0.25) is 4.79 Å². The molecule has 3 N–H and O–H groups in total. The van der Waals surface area contributed by atoms with Gasteiger partial charge in [0.25, 0.3) is 5.91 Å². The molecule has 1 aromatic rings. The molecule has 0 radical (unpaired) electrons. The molecule has 4 fully saturated rings. The van der Waals surface area contributed by atoms with Gasteiger partial charge in [-0.15, -0.1) is 0 Å². The summed E-state index contributed by atoms with van der Waals surface area (Å²) in [5.41, 5.74) is 1.24. The fraction of sp³-hybridized carbons (Fsp3) is 0.619. The highest BCUT2D eigenvalue weighted by atomic mass is 16.5. The van der Waals surface area contributed by atoms with Crippen LogP contribution in [0, 0.1) is 17.8 Å². The minimum absolute atomic E-state index is 0.0440. The molecule has 0 spiro atoms. The zero-order valence-electron chi connectivity index (χ0n) is 15.5. The average Bonchev–Trinajstić information content (AvgIpc) is 2.60. The predicted molar refractivity (Wildman–Crippen MR) is 98.7 cm³/mol. The third-order valence-corrected chi connectivity index (χ3v) is 6.50. The molecule has 5 heteroatoms. The van der Waals surface area contributed by atoms with Crippen molar-refractivity contribution < 1.29 is 19.6 Å². The van der Waals surface area contributed by atoms with Crippen LogP contribution in [0.15, 0.2) is 24.3 Å². The lowest BCUT2D eigenvalue weighted by Crippen LogP contribution is -3.00. The Kier molecular flexibility index (Phi) is 4.74. The number of ether oxygens (including phenoxy) is 1. The summed E-state index contributed by atoms with van der Waals surface area (Å²) in [6.07, 6.45) is 8.04. The average molecular weight is 357 g/mol. The predicted octanol–water partition coefficient (Wildman–Crippen LogP) is 2.33. The van der Waals surface area contributed by atoms with Crippen LogP contribution in [-0.4, -0.2) is 30.6 Å². The van der Waals surface area contributed by atoms with Gasteiger partial charge in [-0.1, -0.05) is 12.1 Å². The third-order valence-electron chi connectivity index (χ3n) is 6.50. The van der Waals surface area contributed by atoms with Crippen molar-refractivity contribution in [2.24, 2.45) is 17.8 Å². The van der Waals surface area contributed by atoms with Crippen molar-refractivity contribution in [1.82, 2.24) is 0 Å². The number of carbonyl (C=O) groups is 2. The van der Waals surface area contributed by atoms with E-state index in [1.54, 1.807) is 25.1 Å². The van der Waals surface area contributed by atoms with Crippen molar-refractivity contribution >= 4 is 17.6 Å². The Morgan fingerprint density at radius 3 is 2.35 bits per heavy atom. The SMILES string of the molecule is CCOC(=O)c1ccccc1NC(=O)C[NH2+]C12CC3CC(CC(C3)C1)C2. The summed E-state index contributed by atoms with van der Waals surface area (Å²) in [4.78, 5) is 24.6. The van der Waals surface area contributed by atoms with E-state index in [9.17, 15) is 9.59 Å². The van der Waals surface area contributed by atoms with E-state index in [-0.39, 0.29) is 11.4 Å². The highest BCUT2D eigenvalue weighted by Gasteiger charge is 2.53. The van der Waals surface area contributed by atoms with Gasteiger partial charge in [-0.2, -0.15) is 0 Å². The minimum Gasteiger partial charge on any atom is -0.462 e. The fourth-order valence-electron chi connectivity index (χ4n) is 5.92. The maximum atomic E-state index is 12.5. The molecule has 1 aromatic carbocycles. The maximum Gasteiger partial charge on any atom is 0.340 e. The van der Waals surface area contributed by atoms with Gasteiger partial charge in [-0.25, -0.2) is 4.79 Å². The first-order chi connectivity index (χ1) is 12.6. The van der Waals surface area contributed by atoms with Crippen molar-refractivity contribution in [3.8, 4) is 0 Å². The number of hydrogen-bond acceptors (Lipinski definition) is 3. The van der Waals surface area contributed by atoms with E-state index in [2.05, 4.69) is 10.6 Å². The third kappa shape index (κ3) is 3.50. The Hall–Kier alpha value is -1.88. The van der Waals surface area contributed by atoms with Crippen LogP contribution in [0.1, 0.15) is 55.8 Å². The van der Waals surface area contributed by atoms with Crippen molar-refractivity contribution in [2.45, 2.75) is 51.0 Å². The van der Waals surface area contributed by atoms with E-state index in [0.717, 1.165) is 17.8 Å². The van der Waals surface area contributed by atoms with E-state index in [1.165, 1.54) is 38.5 Å². The van der Waals surface area contributed by atoms with Gasteiger partial charge in [0, 0.05) is 19.3 Å². The molecule has 5 rings (SSSR count). The first-order valence-corrected chi connectivity index (χ1v) is 9.97. The number of benzene rings is 1. The largest absolute Gasteiger partial charge is 0.462 e. The van der Waals surface area contributed by atoms with Crippen molar-refractivity contribution in [2.75, 3.05) is 18.5 Å². The molecule has 0 unspecified atom stereocenters. The molecule has 1 amide bonds. The van der Waals surface area contributed by atoms with Crippen LogP contribution in [-0.2, 0) is 9.53 Å². The molecular weight excluding hydrogens is 328 g/mol. The van der Waals surface area contributed by atoms with E-state index in [0.29, 0.717) is 24.4 Å². The Labute approximate surface area is 154 Å². The van der Waals surface area contributed by atoms with Gasteiger partial charge < -0.3 is 15.4 Å². The zero-order valence-corrected chi connectivity index (χ0v) is 15.5. The monoisotopic (exact) mass is 357 g/mol. The maximum absolute atomic E-state index is 12.5. The van der Waals surface area contributed by atoms with Crippen LogP contribution < -0.4 is 10.6 Å². The van der Waals surface area contributed by atoms with Crippen LogP contribution in [0.4, 0.5) is 5.69 Å². The molecule has 4 saturated carbocycles. The van der Waals surface area contributed by atoms with E-state index < -0.39 is 5.97 Å². The second-order valence-electron chi connectivity index (χ2n) is 8.50. The lowest BCUT2D eigenvalue weighted by Gasteiger charge is -2.54. The normalized spacial score (nSPS) is 31.7. The summed E-state index contributed by atoms with van der Waals surface area (Å²) in [6, 6.07) is 7.05. The number of hydrogen-bond donors (Lipinski definition) is 2. The molecule has 26 heavy (non-hydrogen) atoms. The Morgan fingerprint density at radius 2 is 1.73 bits per heavy atom. The summed E-state index contributed by atoms with van der Waals surface area (Å²) < 4.78 is 5.08. The number of nitrogens with one attached hydrogen (secondary N) is 1. The number of nitrogens with two attached hydrogens (primary N) is 1. The number of amides is 1. The van der Waals surface area contributed by atoms with Gasteiger partial charge >= 0.3 is 5.97 Å². The topological polar surface area (TPSA) is 72.0 Å². The molecule has 4 aliphatic rings. The van der Waals surface area contributed by atoms with Crippen molar-refractivity contribution in [1.29, 1.82) is 0 Å². The minimum atomic E-state index is -0.395. The Morgan fingerprint density at radius 1 is 1.12 bits per heavy atom. The van der Waals surface area contributed by atoms with Gasteiger partial charge in [0.15, 0.2) is 6.54 Å². The number of anilines is 1. The lowest BCUT2D eigenvalue weighted by atomic mass is 9.53. The molecule has 4 bridgehead atoms. The Bertz CT molecular complexity index is 665. The molecule has 0 aliphatic heterocycles. The van der Waals surface area contributed by atoms with E-state index in [1.807, 2.05) is 6.07 Å². The van der Waals surface area contributed by atoms with Crippen LogP contribution in [0.5, 0.6) is 0 Å². The quantitative estimate of drug-likeness (QED) is 0.768. The van der Waals surface area contributed by atoms with Crippen molar-refractivity contribution in [3.63, 3.8) is 0 Å². The summed E-state index contributed by atoms with van der Waals surface area (Å²) in [7, 11) is 0. The highest BCUT2D eigenvalue weighted by Crippen LogP contribution is 2.54. The van der Waals surface area contributed by atoms with Crippen molar-refractivity contribution in [3.05, 3.63) is 29.8 Å². The second-order valence-corrected chi connectivity index (χ2v) is 8.50. The number of para-hydroxylation sites is 1. The van der Waals surface area contributed by atoms with E-state index in [4.69, 9.17) is 4.74 Å². The molecule has 0 aromatic heterocycles. The Balaban J connectivity index is 1.37. The molecule has 140 valence electrons. The van der Waals surface area contributed by atoms with Crippen LogP contribution in [0.2, 0.25) is 0 Å².